The number of pyridine rings is 1. The molecule has 43 heavy (non-hydrogen) atoms. The molecule has 2 aliphatic heterocycles. The first-order chi connectivity index (χ1) is 21.0. The van der Waals surface area contributed by atoms with Crippen LogP contribution >= 0.6 is 11.3 Å². The molecule has 0 radical (unpaired) electrons. The maximum atomic E-state index is 13.0. The average Bonchev–Trinajstić information content (AvgIpc) is 3.73. The zero-order valence-electron chi connectivity index (χ0n) is 24.5. The predicted molar refractivity (Wildman–Crippen MR) is 167 cm³/mol. The van der Waals surface area contributed by atoms with E-state index < -0.39 is 0 Å². The molecular weight excluding hydrogens is 560 g/mol. The Morgan fingerprint density at radius 3 is 2.63 bits per heavy atom. The van der Waals surface area contributed by atoms with E-state index in [0.717, 1.165) is 90.2 Å². The molecule has 4 aromatic heterocycles. The third-order valence-electron chi connectivity index (χ3n) is 9.01. The summed E-state index contributed by atoms with van der Waals surface area (Å²) in [6, 6.07) is 10.4. The molecule has 3 fully saturated rings. The smallest absolute Gasteiger partial charge is 0.223 e. The Balaban J connectivity index is 1.10. The minimum Gasteiger partial charge on any atom is -0.382 e. The SMILES string of the molecule is CC(C)Nc1cc(-c2ccc3cc(C#N)cnn23)ncc1-c1nnc(N2C[C@H]3CC[C@@H](C2)C3NC(=O)C2CCNCC2)s1. The van der Waals surface area contributed by atoms with E-state index in [4.69, 9.17) is 4.98 Å². The number of carbonyl (C=O) groups excluding carboxylic acids is 1. The first kappa shape index (κ1) is 27.7. The largest absolute Gasteiger partial charge is 0.382 e. The third kappa shape index (κ3) is 5.43. The summed E-state index contributed by atoms with van der Waals surface area (Å²) in [6.07, 6.45) is 7.56. The average molecular weight is 597 g/mol. The highest BCUT2D eigenvalue weighted by Crippen LogP contribution is 2.41. The lowest BCUT2D eigenvalue weighted by Gasteiger charge is -2.38. The van der Waals surface area contributed by atoms with Crippen molar-refractivity contribution in [3.63, 3.8) is 0 Å². The molecule has 2 saturated heterocycles. The number of amides is 1. The molecule has 2 bridgehead atoms. The maximum absolute atomic E-state index is 13.0. The predicted octanol–water partition coefficient (Wildman–Crippen LogP) is 3.94. The van der Waals surface area contributed by atoms with Gasteiger partial charge in [-0.15, -0.1) is 10.2 Å². The van der Waals surface area contributed by atoms with Crippen molar-refractivity contribution in [2.24, 2.45) is 17.8 Å². The van der Waals surface area contributed by atoms with Gasteiger partial charge in [-0.05, 0) is 88.7 Å². The van der Waals surface area contributed by atoms with Crippen LogP contribution in [0.15, 0.2) is 36.7 Å². The zero-order chi connectivity index (χ0) is 29.5. The lowest BCUT2D eigenvalue weighted by atomic mass is 9.90. The van der Waals surface area contributed by atoms with Gasteiger partial charge in [0.05, 0.1) is 34.2 Å². The highest BCUT2D eigenvalue weighted by atomic mass is 32.1. The second-order valence-electron chi connectivity index (χ2n) is 12.3. The number of piperidine rings is 2. The molecule has 3 aliphatic rings. The molecular formula is C31H36N10OS. The molecule has 1 amide bonds. The Morgan fingerprint density at radius 1 is 1.09 bits per heavy atom. The number of rotatable bonds is 7. The topological polar surface area (TPSA) is 136 Å². The van der Waals surface area contributed by atoms with E-state index >= 15 is 0 Å². The maximum Gasteiger partial charge on any atom is 0.223 e. The quantitative estimate of drug-likeness (QED) is 0.290. The molecule has 1 aliphatic carbocycles. The monoisotopic (exact) mass is 596 g/mol. The molecule has 3 N–H and O–H groups in total. The second-order valence-corrected chi connectivity index (χ2v) is 13.2. The first-order valence-corrected chi connectivity index (χ1v) is 16.0. The number of fused-ring (bicyclic) bond motifs is 3. The molecule has 1 unspecified atom stereocenters. The van der Waals surface area contributed by atoms with Gasteiger partial charge in [-0.2, -0.15) is 10.4 Å². The molecule has 4 aromatic rings. The van der Waals surface area contributed by atoms with Crippen molar-refractivity contribution in [2.45, 2.75) is 51.6 Å². The van der Waals surface area contributed by atoms with Gasteiger partial charge in [-0.25, -0.2) is 4.52 Å². The number of nitrogens with zero attached hydrogens (tertiary/aromatic N) is 7. The van der Waals surface area contributed by atoms with Crippen LogP contribution in [0, 0.1) is 29.1 Å². The van der Waals surface area contributed by atoms with Crippen molar-refractivity contribution in [1.29, 1.82) is 5.26 Å². The Labute approximate surface area is 254 Å². The standard InChI is InChI=1S/C31H36N10OS/c1-18(2)36-25-12-26(27-6-5-23-11-19(13-32)14-35-41(23)27)34-15-24(25)30-38-39-31(43-30)40-16-21-3-4-22(17-40)28(21)37-29(42)20-7-9-33-10-8-20/h5-6,11-12,14-15,18,20-22,28,33H,3-4,7-10,16-17H2,1-2H3,(H,34,36)(H,37,42)/t21-,22+,28?. The second kappa shape index (κ2) is 11.5. The number of hydrogen-bond acceptors (Lipinski definition) is 10. The summed E-state index contributed by atoms with van der Waals surface area (Å²) in [4.78, 5) is 20.2. The number of anilines is 2. The van der Waals surface area contributed by atoms with Crippen LogP contribution in [0.1, 0.15) is 45.1 Å². The fourth-order valence-electron chi connectivity index (χ4n) is 6.88. The van der Waals surface area contributed by atoms with Crippen molar-refractivity contribution in [3.05, 3.63) is 42.2 Å². The Bertz CT molecular complexity index is 1670. The lowest BCUT2D eigenvalue weighted by Crippen LogP contribution is -2.54. The normalized spacial score (nSPS) is 22.2. The number of aromatic nitrogens is 5. The van der Waals surface area contributed by atoms with Crippen LogP contribution in [0.4, 0.5) is 10.8 Å². The van der Waals surface area contributed by atoms with Crippen LogP contribution in [0.2, 0.25) is 0 Å². The van der Waals surface area contributed by atoms with Gasteiger partial charge in [-0.3, -0.25) is 9.78 Å². The summed E-state index contributed by atoms with van der Waals surface area (Å²) in [5, 5.41) is 35.0. The van der Waals surface area contributed by atoms with Crippen LogP contribution in [-0.4, -0.2) is 69.0 Å². The van der Waals surface area contributed by atoms with Gasteiger partial charge in [0.15, 0.2) is 5.01 Å². The van der Waals surface area contributed by atoms with E-state index in [1.165, 1.54) is 0 Å². The molecule has 12 heteroatoms. The molecule has 1 saturated carbocycles. The molecule has 3 atom stereocenters. The molecule has 11 nitrogen and oxygen atoms in total. The highest BCUT2D eigenvalue weighted by molar-refractivity contribution is 7.18. The van der Waals surface area contributed by atoms with Gasteiger partial charge < -0.3 is 20.9 Å². The van der Waals surface area contributed by atoms with Gasteiger partial charge in [0.25, 0.3) is 0 Å². The molecule has 0 spiro atoms. The lowest BCUT2D eigenvalue weighted by molar-refractivity contribution is -0.127. The number of carbonyl (C=O) groups is 1. The van der Waals surface area contributed by atoms with Crippen molar-refractivity contribution in [1.82, 2.24) is 35.4 Å². The summed E-state index contributed by atoms with van der Waals surface area (Å²) in [5.41, 5.74) is 4.84. The van der Waals surface area contributed by atoms with Crippen molar-refractivity contribution in [3.8, 4) is 28.0 Å². The Kier molecular flexibility index (Phi) is 7.44. The van der Waals surface area contributed by atoms with Gasteiger partial charge in [0.1, 0.15) is 6.07 Å². The van der Waals surface area contributed by atoms with Gasteiger partial charge in [0.2, 0.25) is 11.0 Å². The van der Waals surface area contributed by atoms with Crippen LogP contribution < -0.4 is 20.9 Å². The van der Waals surface area contributed by atoms with Gasteiger partial charge >= 0.3 is 0 Å². The van der Waals surface area contributed by atoms with Gasteiger partial charge in [-0.1, -0.05) is 11.3 Å². The fraction of sp³-hybridized carbons (Fsp3) is 0.484. The minimum atomic E-state index is 0.141. The number of hydrogen-bond donors (Lipinski definition) is 3. The number of nitrogens with one attached hydrogen (secondary N) is 3. The summed E-state index contributed by atoms with van der Waals surface area (Å²) < 4.78 is 1.80. The summed E-state index contributed by atoms with van der Waals surface area (Å²) in [6.45, 7) is 7.85. The van der Waals surface area contributed by atoms with E-state index in [-0.39, 0.29) is 23.9 Å². The van der Waals surface area contributed by atoms with Crippen LogP contribution in [0.3, 0.4) is 0 Å². The summed E-state index contributed by atoms with van der Waals surface area (Å²) >= 11 is 1.59. The minimum absolute atomic E-state index is 0.141. The van der Waals surface area contributed by atoms with E-state index in [2.05, 4.69) is 56.1 Å². The van der Waals surface area contributed by atoms with Gasteiger partial charge in [0, 0.05) is 43.0 Å². The number of nitriles is 1. The molecule has 7 rings (SSSR count). The van der Waals surface area contributed by atoms with Crippen molar-refractivity contribution >= 4 is 33.6 Å². The zero-order valence-corrected chi connectivity index (χ0v) is 25.3. The van der Waals surface area contributed by atoms with E-state index in [1.54, 1.807) is 22.0 Å². The van der Waals surface area contributed by atoms with Crippen LogP contribution in [0.5, 0.6) is 0 Å². The van der Waals surface area contributed by atoms with E-state index in [9.17, 15) is 10.1 Å². The highest BCUT2D eigenvalue weighted by Gasteiger charge is 2.44. The van der Waals surface area contributed by atoms with Crippen LogP contribution in [0.25, 0.3) is 27.5 Å². The fourth-order valence-corrected chi connectivity index (χ4v) is 7.77. The van der Waals surface area contributed by atoms with Crippen molar-refractivity contribution in [2.75, 3.05) is 36.4 Å². The van der Waals surface area contributed by atoms with Crippen molar-refractivity contribution < 1.29 is 4.79 Å². The van der Waals surface area contributed by atoms with E-state index in [1.807, 2.05) is 30.5 Å². The molecule has 0 aromatic carbocycles. The first-order valence-electron chi connectivity index (χ1n) is 15.2. The Morgan fingerprint density at radius 2 is 1.88 bits per heavy atom. The Hall–Kier alpha value is -4.08. The van der Waals surface area contributed by atoms with E-state index in [0.29, 0.717) is 17.4 Å². The molecule has 222 valence electrons. The van der Waals surface area contributed by atoms with Crippen LogP contribution in [-0.2, 0) is 4.79 Å². The molecule has 6 heterocycles. The summed E-state index contributed by atoms with van der Waals surface area (Å²) in [7, 11) is 0. The summed E-state index contributed by atoms with van der Waals surface area (Å²) in [5.74, 6) is 1.25. The third-order valence-corrected chi connectivity index (χ3v) is 10.0.